The monoisotopic (exact) mass is 732 g/mol. The molecule has 1 fully saturated rings. The molecule has 274 valence electrons. The van der Waals surface area contributed by atoms with E-state index in [1.165, 1.54) is 17.7 Å². The largest absolute Gasteiger partial charge is 0.444 e. The molecule has 5 rings (SSSR count). The highest BCUT2D eigenvalue weighted by Crippen LogP contribution is 2.37. The summed E-state index contributed by atoms with van der Waals surface area (Å²) in [4.78, 5) is 54.4. The van der Waals surface area contributed by atoms with Crippen LogP contribution in [0.25, 0.3) is 11.1 Å². The second-order valence-corrected chi connectivity index (χ2v) is 14.7. The second kappa shape index (κ2) is 15.7. The van der Waals surface area contributed by atoms with Gasteiger partial charge in [-0.25, -0.2) is 13.6 Å². The Morgan fingerprint density at radius 3 is 2.25 bits per heavy atom. The quantitative estimate of drug-likeness (QED) is 0.162. The van der Waals surface area contributed by atoms with Crippen LogP contribution < -0.4 is 11.1 Å². The van der Waals surface area contributed by atoms with Crippen molar-refractivity contribution < 1.29 is 32.7 Å². The van der Waals surface area contributed by atoms with Crippen LogP contribution in [0.1, 0.15) is 89.2 Å². The summed E-state index contributed by atoms with van der Waals surface area (Å²) in [5, 5.41) is 3.16. The molecule has 52 heavy (non-hydrogen) atoms. The number of carbonyl (C=O) groups excluding carboxylic acids is 4. The summed E-state index contributed by atoms with van der Waals surface area (Å²) in [7, 11) is 1.55. The first-order chi connectivity index (χ1) is 24.5. The fourth-order valence-electron chi connectivity index (χ4n) is 6.61. The Balaban J connectivity index is 1.43. The second-order valence-electron chi connectivity index (χ2n) is 14.3. The molecule has 3 N–H and O–H groups in total. The van der Waals surface area contributed by atoms with Crippen molar-refractivity contribution in [2.75, 3.05) is 13.1 Å². The first-order valence-electron chi connectivity index (χ1n) is 17.1. The molecule has 1 saturated heterocycles. The number of nitrogens with one attached hydrogen (secondary N) is 1. The van der Waals surface area contributed by atoms with Gasteiger partial charge in [-0.2, -0.15) is 0 Å². The molecule has 0 saturated carbocycles. The number of ketones is 1. The van der Waals surface area contributed by atoms with Crippen LogP contribution in [-0.4, -0.2) is 51.8 Å². The van der Waals surface area contributed by atoms with Gasteiger partial charge in [0.1, 0.15) is 17.2 Å². The molecule has 1 atom stereocenters. The molecule has 0 spiro atoms. The molecule has 0 aliphatic carbocycles. The summed E-state index contributed by atoms with van der Waals surface area (Å²) in [6.45, 7) is 8.10. The maximum absolute atomic E-state index is 15.7. The Bertz CT molecular complexity index is 2000. The Labute approximate surface area is 307 Å². The van der Waals surface area contributed by atoms with Gasteiger partial charge in [-0.15, -0.1) is 0 Å². The highest BCUT2D eigenvalue weighted by Gasteiger charge is 2.31. The van der Waals surface area contributed by atoms with Crippen molar-refractivity contribution in [1.82, 2.24) is 14.8 Å². The van der Waals surface area contributed by atoms with Crippen molar-refractivity contribution in [3.05, 3.63) is 117 Å². The lowest BCUT2D eigenvalue weighted by molar-refractivity contribution is -0.118. The number of hydrogen-bond donors (Lipinski definition) is 2. The van der Waals surface area contributed by atoms with Gasteiger partial charge in [-0.05, 0) is 93.8 Å². The molecular formula is C40H43ClF2N4O5. The Morgan fingerprint density at radius 1 is 0.981 bits per heavy atom. The fraction of sp³-hybridized carbons (Fsp3) is 0.350. The van der Waals surface area contributed by atoms with Gasteiger partial charge in [0, 0.05) is 48.0 Å². The highest BCUT2D eigenvalue weighted by atomic mass is 35.5. The number of nitrogens with zero attached hydrogens (tertiary/aromatic N) is 2. The molecule has 3 amide bonds. The number of benzene rings is 3. The first kappa shape index (κ1) is 38.2. The van der Waals surface area contributed by atoms with Crippen molar-refractivity contribution in [1.29, 1.82) is 0 Å². The van der Waals surface area contributed by atoms with E-state index in [9.17, 15) is 23.6 Å². The van der Waals surface area contributed by atoms with E-state index in [0.29, 0.717) is 29.6 Å². The summed E-state index contributed by atoms with van der Waals surface area (Å²) in [6.07, 6.45) is 3.20. The summed E-state index contributed by atoms with van der Waals surface area (Å²) in [6, 6.07) is 14.7. The number of likely N-dealkylation sites (tertiary alicyclic amines) is 1. The summed E-state index contributed by atoms with van der Waals surface area (Å²) in [5.74, 6) is -3.10. The standard InChI is InChI=1S/C40H43ClF2N4O5/c1-23-30(42)13-14-31(43)34(23)35-29(38(50)45-32(21-33(44)48)27-7-6-8-28(41)20-27)22-46(5)36(35)37(49)26-11-9-24(10-12-26)19-25-15-17-47(18-16-25)39(51)52-40(2,3)4/h6-14,20,22,25,32H,15-19,21H2,1-5H3,(H2,44,48)(H,45,50)/t32-/m0/s1. The Morgan fingerprint density at radius 2 is 1.63 bits per heavy atom. The highest BCUT2D eigenvalue weighted by molar-refractivity contribution is 6.30. The molecule has 0 unspecified atom stereocenters. The van der Waals surface area contributed by atoms with Crippen molar-refractivity contribution in [3.8, 4) is 11.1 Å². The van der Waals surface area contributed by atoms with Gasteiger partial charge < -0.3 is 25.3 Å². The van der Waals surface area contributed by atoms with Gasteiger partial charge >= 0.3 is 6.09 Å². The molecule has 0 radical (unpaired) electrons. The number of amides is 3. The number of rotatable bonds is 10. The Kier molecular flexibility index (Phi) is 11.5. The molecule has 3 aromatic carbocycles. The summed E-state index contributed by atoms with van der Waals surface area (Å²) < 4.78 is 37.5. The van der Waals surface area contributed by atoms with Crippen LogP contribution in [0.4, 0.5) is 13.6 Å². The Hall–Kier alpha value is -5.03. The van der Waals surface area contributed by atoms with E-state index in [1.54, 1.807) is 48.3 Å². The number of aromatic nitrogens is 1. The molecule has 2 heterocycles. The van der Waals surface area contributed by atoms with Crippen molar-refractivity contribution >= 4 is 35.3 Å². The lowest BCUT2D eigenvalue weighted by Gasteiger charge is -2.33. The number of ether oxygens (including phenoxy) is 1. The molecule has 4 aromatic rings. The van der Waals surface area contributed by atoms with Crippen LogP contribution in [0.15, 0.2) is 66.9 Å². The zero-order valence-electron chi connectivity index (χ0n) is 29.9. The molecular weight excluding hydrogens is 690 g/mol. The van der Waals surface area contributed by atoms with Gasteiger partial charge in [0.25, 0.3) is 5.91 Å². The van der Waals surface area contributed by atoms with Crippen LogP contribution in [0.3, 0.4) is 0 Å². The third-order valence-corrected chi connectivity index (χ3v) is 9.44. The number of piperidine rings is 1. The lowest BCUT2D eigenvalue weighted by Crippen LogP contribution is -2.42. The van der Waals surface area contributed by atoms with Crippen LogP contribution in [-0.2, 0) is 23.0 Å². The zero-order chi connectivity index (χ0) is 37.9. The van der Waals surface area contributed by atoms with Gasteiger partial charge in [-0.3, -0.25) is 14.4 Å². The minimum atomic E-state index is -0.897. The van der Waals surface area contributed by atoms with E-state index < -0.39 is 40.9 Å². The van der Waals surface area contributed by atoms with E-state index in [0.717, 1.165) is 37.0 Å². The fourth-order valence-corrected chi connectivity index (χ4v) is 6.81. The minimum Gasteiger partial charge on any atom is -0.444 e. The third-order valence-electron chi connectivity index (χ3n) is 9.21. The van der Waals surface area contributed by atoms with Crippen LogP contribution >= 0.6 is 11.6 Å². The van der Waals surface area contributed by atoms with Gasteiger partial charge in [-0.1, -0.05) is 48.0 Å². The SMILES string of the molecule is Cc1c(F)ccc(F)c1-c1c(C(=O)N[C@@H](CC(N)=O)c2cccc(Cl)c2)cn(C)c1C(=O)c1ccc(CC2CCN(C(=O)OC(C)(C)C)CC2)cc1. The number of hydrogen-bond acceptors (Lipinski definition) is 5. The zero-order valence-corrected chi connectivity index (χ0v) is 30.7. The van der Waals surface area contributed by atoms with Gasteiger partial charge in [0.15, 0.2) is 0 Å². The number of nitrogens with two attached hydrogens (primary N) is 1. The van der Waals surface area contributed by atoms with Crippen molar-refractivity contribution in [3.63, 3.8) is 0 Å². The van der Waals surface area contributed by atoms with Crippen LogP contribution in [0.5, 0.6) is 0 Å². The minimum absolute atomic E-state index is 0.0192. The predicted molar refractivity (Wildman–Crippen MR) is 195 cm³/mol. The summed E-state index contributed by atoms with van der Waals surface area (Å²) >= 11 is 6.18. The van der Waals surface area contributed by atoms with Crippen molar-refractivity contribution in [2.24, 2.45) is 18.7 Å². The van der Waals surface area contributed by atoms with Crippen molar-refractivity contribution in [2.45, 2.75) is 65.0 Å². The van der Waals surface area contributed by atoms with E-state index in [2.05, 4.69) is 5.32 Å². The first-order valence-corrected chi connectivity index (χ1v) is 17.5. The number of aryl methyl sites for hydroxylation is 1. The molecule has 9 nitrogen and oxygen atoms in total. The lowest BCUT2D eigenvalue weighted by atomic mass is 9.89. The maximum atomic E-state index is 15.7. The van der Waals surface area contributed by atoms with E-state index >= 15 is 4.39 Å². The van der Waals surface area contributed by atoms with Crippen LogP contribution in [0, 0.1) is 24.5 Å². The molecule has 1 aromatic heterocycles. The third kappa shape index (κ3) is 8.88. The predicted octanol–water partition coefficient (Wildman–Crippen LogP) is 7.70. The van der Waals surface area contributed by atoms with E-state index in [4.69, 9.17) is 22.1 Å². The smallest absolute Gasteiger partial charge is 0.410 e. The number of carbonyl (C=O) groups is 4. The maximum Gasteiger partial charge on any atom is 0.410 e. The number of primary amides is 1. The topological polar surface area (TPSA) is 124 Å². The van der Waals surface area contributed by atoms with Gasteiger partial charge in [0.05, 0.1) is 23.7 Å². The summed E-state index contributed by atoms with van der Waals surface area (Å²) in [5.41, 5.74) is 6.26. The molecule has 12 heteroatoms. The molecule has 0 bridgehead atoms. The average molecular weight is 733 g/mol. The molecule has 1 aliphatic rings. The average Bonchev–Trinajstić information content (AvgIpc) is 3.42. The molecule has 1 aliphatic heterocycles. The van der Waals surface area contributed by atoms with E-state index in [1.807, 2.05) is 32.9 Å². The van der Waals surface area contributed by atoms with Crippen LogP contribution in [0.2, 0.25) is 5.02 Å². The van der Waals surface area contributed by atoms with E-state index in [-0.39, 0.29) is 46.0 Å². The normalized spacial score (nSPS) is 14.2. The van der Waals surface area contributed by atoms with Gasteiger partial charge in [0.2, 0.25) is 11.7 Å². The number of halogens is 3.